The molecule has 0 saturated carbocycles. The van der Waals surface area contributed by atoms with Gasteiger partial charge in [0.25, 0.3) is 0 Å². The fourth-order valence-electron chi connectivity index (χ4n) is 0.471. The maximum Gasteiger partial charge on any atom is 0.0857 e. The first kappa shape index (κ1) is 34.9. The maximum absolute atomic E-state index is 9.36. The summed E-state index contributed by atoms with van der Waals surface area (Å²) in [6, 6.07) is 0. The first-order valence-corrected chi connectivity index (χ1v) is 5.83. The van der Waals surface area contributed by atoms with Gasteiger partial charge in [-0.1, -0.05) is 0 Å². The summed E-state index contributed by atoms with van der Waals surface area (Å²) < 4.78 is 16.6. The number of hydrogen-bond acceptors (Lipinski definition) is 12. The van der Waals surface area contributed by atoms with Crippen molar-refractivity contribution in [3.63, 3.8) is 0 Å². The standard InChI is InChI=1S/4C3H6O3.Pb/c4*1-6-2-3(4)5;/h4*2H2,1H3,(H,4,5);/p-4. The summed E-state index contributed by atoms with van der Waals surface area (Å²) in [4.78, 5) is 37.5. The van der Waals surface area contributed by atoms with Crippen LogP contribution in [0, 0.1) is 0 Å². The van der Waals surface area contributed by atoms with Crippen LogP contribution in [0.2, 0.25) is 0 Å². The summed E-state index contributed by atoms with van der Waals surface area (Å²) >= 11 is 0. The van der Waals surface area contributed by atoms with Gasteiger partial charge < -0.3 is 58.6 Å². The summed E-state index contributed by atoms with van der Waals surface area (Å²) in [7, 11) is 5.21. The first-order chi connectivity index (χ1) is 11.1. The van der Waals surface area contributed by atoms with Crippen molar-refractivity contribution < 1.29 is 58.6 Å². The average Bonchev–Trinajstić information content (AvgIpc) is 2.39. The second-order valence-electron chi connectivity index (χ2n) is 3.22. The van der Waals surface area contributed by atoms with E-state index in [1.54, 1.807) is 0 Å². The molecule has 13 heteroatoms. The van der Waals surface area contributed by atoms with Gasteiger partial charge in [0.1, 0.15) is 0 Å². The quantitative estimate of drug-likeness (QED) is 0.253. The molecule has 0 aromatic rings. The Morgan fingerprint density at radius 3 is 0.640 bits per heavy atom. The van der Waals surface area contributed by atoms with E-state index in [4.69, 9.17) is 0 Å². The van der Waals surface area contributed by atoms with E-state index in [9.17, 15) is 39.6 Å². The zero-order valence-corrected chi connectivity index (χ0v) is 18.1. The molecule has 0 amide bonds. The Morgan fingerprint density at radius 2 is 0.640 bits per heavy atom. The van der Waals surface area contributed by atoms with Crippen molar-refractivity contribution in [1.82, 2.24) is 0 Å². The monoisotopic (exact) mass is 564 g/mol. The molecule has 148 valence electrons. The fraction of sp³-hybridized carbons (Fsp3) is 0.667. The van der Waals surface area contributed by atoms with Gasteiger partial charge in [-0.15, -0.1) is 0 Å². The number of rotatable bonds is 8. The van der Waals surface area contributed by atoms with Gasteiger partial charge in [-0.25, -0.2) is 0 Å². The molecule has 0 aliphatic carbocycles. The second-order valence-corrected chi connectivity index (χ2v) is 3.22. The number of methoxy groups -OCH3 is 4. The third-order valence-electron chi connectivity index (χ3n) is 1.05. The van der Waals surface area contributed by atoms with Crippen LogP contribution >= 0.6 is 0 Å². The molecular formula is C12H20O12Pb-4. The molecule has 0 aliphatic heterocycles. The van der Waals surface area contributed by atoms with Gasteiger partial charge in [-0.05, 0) is 0 Å². The third-order valence-corrected chi connectivity index (χ3v) is 1.05. The smallest absolute Gasteiger partial charge is 0.0857 e. The molecule has 0 bridgehead atoms. The SMILES string of the molecule is COCC(=O)[O-].COCC(=O)[O-].COCC(=O)[O-].COCC(=O)[O-].[Pb]. The van der Waals surface area contributed by atoms with Crippen LogP contribution in [-0.4, -0.2) is 106 Å². The number of carboxylic acid groups (broad SMARTS) is 4. The first-order valence-electron chi connectivity index (χ1n) is 5.83. The second kappa shape index (κ2) is 30.5. The third kappa shape index (κ3) is 85.2. The Balaban J connectivity index is -0.0000000702. The van der Waals surface area contributed by atoms with Crippen LogP contribution in [0.3, 0.4) is 0 Å². The van der Waals surface area contributed by atoms with Crippen molar-refractivity contribution in [2.75, 3.05) is 54.9 Å². The molecule has 0 fully saturated rings. The van der Waals surface area contributed by atoms with E-state index in [1.807, 2.05) is 0 Å². The number of carboxylic acids is 4. The zero-order chi connectivity index (χ0) is 20.0. The average molecular weight is 563 g/mol. The number of ether oxygens (including phenoxy) is 4. The summed E-state index contributed by atoms with van der Waals surface area (Å²) in [5.41, 5.74) is 0. The van der Waals surface area contributed by atoms with E-state index in [0.29, 0.717) is 0 Å². The molecule has 12 nitrogen and oxygen atoms in total. The Hall–Kier alpha value is -1.36. The molecule has 0 rings (SSSR count). The number of aliphatic carboxylic acids is 4. The predicted octanol–water partition coefficient (Wildman–Crippen LogP) is -6.85. The largest absolute Gasteiger partial charge is 0.548 e. The van der Waals surface area contributed by atoms with Crippen molar-refractivity contribution >= 4 is 51.2 Å². The van der Waals surface area contributed by atoms with Crippen LogP contribution in [0.1, 0.15) is 0 Å². The Labute approximate surface area is 164 Å². The molecule has 4 radical (unpaired) electrons. The topological polar surface area (TPSA) is 197 Å². The molecule has 0 unspecified atom stereocenters. The summed E-state index contributed by atoms with van der Waals surface area (Å²) in [6.45, 7) is -1.28. The van der Waals surface area contributed by atoms with Crippen molar-refractivity contribution in [3.8, 4) is 0 Å². The molecule has 0 aromatic heterocycles. The molecule has 0 atom stereocenters. The van der Waals surface area contributed by atoms with Gasteiger partial charge >= 0.3 is 0 Å². The van der Waals surface area contributed by atoms with Crippen molar-refractivity contribution in [2.45, 2.75) is 0 Å². The van der Waals surface area contributed by atoms with E-state index >= 15 is 0 Å². The summed E-state index contributed by atoms with van der Waals surface area (Å²) in [6.07, 6.45) is 0. The zero-order valence-electron chi connectivity index (χ0n) is 14.2. The minimum absolute atomic E-state index is 0. The van der Waals surface area contributed by atoms with Crippen LogP contribution in [0.4, 0.5) is 0 Å². The van der Waals surface area contributed by atoms with E-state index in [1.165, 1.54) is 28.4 Å². The van der Waals surface area contributed by atoms with Crippen LogP contribution in [0.25, 0.3) is 0 Å². The summed E-state index contributed by atoms with van der Waals surface area (Å²) in [5, 5.41) is 37.5. The van der Waals surface area contributed by atoms with Crippen molar-refractivity contribution in [1.29, 1.82) is 0 Å². The Bertz CT molecular complexity index is 270. The van der Waals surface area contributed by atoms with Crippen LogP contribution in [0.5, 0.6) is 0 Å². The minimum Gasteiger partial charge on any atom is -0.548 e. The van der Waals surface area contributed by atoms with Gasteiger partial charge in [0, 0.05) is 55.7 Å². The molecule has 0 spiro atoms. The number of carbonyl (C=O) groups is 4. The Kier molecular flexibility index (Phi) is 42.6. The van der Waals surface area contributed by atoms with E-state index in [0.717, 1.165) is 0 Å². The van der Waals surface area contributed by atoms with Crippen LogP contribution < -0.4 is 20.4 Å². The van der Waals surface area contributed by atoms with E-state index < -0.39 is 23.9 Å². The number of carbonyl (C=O) groups excluding carboxylic acids is 4. The van der Waals surface area contributed by atoms with Crippen LogP contribution in [-0.2, 0) is 38.1 Å². The minimum atomic E-state index is -1.18. The molecule has 25 heavy (non-hydrogen) atoms. The van der Waals surface area contributed by atoms with Gasteiger partial charge in [0.15, 0.2) is 0 Å². The molecule has 0 aromatic carbocycles. The van der Waals surface area contributed by atoms with E-state index in [2.05, 4.69) is 18.9 Å². The van der Waals surface area contributed by atoms with Crippen molar-refractivity contribution in [3.05, 3.63) is 0 Å². The molecule has 0 N–H and O–H groups in total. The van der Waals surface area contributed by atoms with Crippen LogP contribution in [0.15, 0.2) is 0 Å². The number of hydrogen-bond donors (Lipinski definition) is 0. The van der Waals surface area contributed by atoms with Gasteiger partial charge in [0.2, 0.25) is 0 Å². The molecule has 0 aliphatic rings. The fourth-order valence-corrected chi connectivity index (χ4v) is 0.471. The predicted molar refractivity (Wildman–Crippen MR) is 73.3 cm³/mol. The normalized spacial score (nSPS) is 7.84. The van der Waals surface area contributed by atoms with Gasteiger partial charge in [-0.2, -0.15) is 0 Å². The molecule has 0 heterocycles. The van der Waals surface area contributed by atoms with Gasteiger partial charge in [-0.3, -0.25) is 0 Å². The van der Waals surface area contributed by atoms with Gasteiger partial charge in [0.05, 0.1) is 50.3 Å². The van der Waals surface area contributed by atoms with Crippen molar-refractivity contribution in [2.24, 2.45) is 0 Å². The van der Waals surface area contributed by atoms with E-state index in [-0.39, 0.29) is 53.7 Å². The summed E-state index contributed by atoms with van der Waals surface area (Å²) in [5.74, 6) is -4.73. The molecular weight excluding hydrogens is 543 g/mol. The maximum atomic E-state index is 9.36. The Morgan fingerprint density at radius 1 is 0.520 bits per heavy atom. The molecule has 0 saturated heterocycles.